The molecular formula is C21H22N6O6. The Labute approximate surface area is 188 Å². The minimum absolute atomic E-state index is 0.0272. The van der Waals surface area contributed by atoms with Gasteiger partial charge in [0, 0.05) is 18.3 Å². The smallest absolute Gasteiger partial charge is 0.275 e. The number of ether oxygens (including phenoxy) is 4. The van der Waals surface area contributed by atoms with Crippen molar-refractivity contribution < 1.29 is 28.5 Å². The fraction of sp³-hybridized carbons (Fsp3) is 0.238. The number of rotatable bonds is 8. The van der Waals surface area contributed by atoms with Gasteiger partial charge in [-0.25, -0.2) is 4.68 Å². The topological polar surface area (TPSA) is 152 Å². The number of nitrogens with two attached hydrogens (primary N) is 1. The molecule has 0 saturated heterocycles. The second-order valence-electron chi connectivity index (χ2n) is 6.97. The third-order valence-electron chi connectivity index (χ3n) is 4.84. The molecule has 3 aromatic rings. The first kappa shape index (κ1) is 21.7. The van der Waals surface area contributed by atoms with Gasteiger partial charge < -0.3 is 35.3 Å². The van der Waals surface area contributed by atoms with E-state index in [-0.39, 0.29) is 31.4 Å². The summed E-state index contributed by atoms with van der Waals surface area (Å²) in [6, 6.07) is 10.3. The molecule has 4 rings (SSSR count). The summed E-state index contributed by atoms with van der Waals surface area (Å²) < 4.78 is 22.1. The van der Waals surface area contributed by atoms with Gasteiger partial charge in [-0.3, -0.25) is 9.59 Å². The predicted octanol–water partition coefficient (Wildman–Crippen LogP) is 1.17. The first-order valence-corrected chi connectivity index (χ1v) is 9.86. The van der Waals surface area contributed by atoms with Crippen LogP contribution in [-0.2, 0) is 17.9 Å². The number of methoxy groups -OCH3 is 2. The molecule has 4 N–H and O–H groups in total. The van der Waals surface area contributed by atoms with E-state index < -0.39 is 11.8 Å². The van der Waals surface area contributed by atoms with Crippen molar-refractivity contribution in [2.45, 2.75) is 13.1 Å². The number of carbonyl (C=O) groups is 2. The Morgan fingerprint density at radius 1 is 1.09 bits per heavy atom. The standard InChI is InChI=1S/C21H22N6O6/c1-30-14-6-4-13(8-16(14)31-2)24-18(28)10-27-20(22)19(25-26-27)21(29)23-9-12-3-5-15-17(7-12)33-11-32-15/h3-8H,9-11,22H2,1-2H3,(H,23,29)(H,24,28). The van der Waals surface area contributed by atoms with E-state index in [2.05, 4.69) is 20.9 Å². The predicted molar refractivity (Wildman–Crippen MR) is 116 cm³/mol. The van der Waals surface area contributed by atoms with Crippen molar-refractivity contribution in [2.24, 2.45) is 0 Å². The summed E-state index contributed by atoms with van der Waals surface area (Å²) >= 11 is 0. The molecule has 0 spiro atoms. The molecular weight excluding hydrogens is 432 g/mol. The number of nitrogen functional groups attached to an aromatic ring is 1. The number of aromatic nitrogens is 3. The van der Waals surface area contributed by atoms with Gasteiger partial charge in [0.25, 0.3) is 5.91 Å². The second kappa shape index (κ2) is 9.34. The van der Waals surface area contributed by atoms with Crippen LogP contribution < -0.4 is 35.3 Å². The van der Waals surface area contributed by atoms with Gasteiger partial charge in [-0.2, -0.15) is 0 Å². The van der Waals surface area contributed by atoms with E-state index in [1.54, 1.807) is 30.3 Å². The quantitative estimate of drug-likeness (QED) is 0.455. The molecule has 1 aliphatic heterocycles. The lowest BCUT2D eigenvalue weighted by molar-refractivity contribution is -0.116. The van der Waals surface area contributed by atoms with Crippen LogP contribution >= 0.6 is 0 Å². The number of nitrogens with zero attached hydrogens (tertiary/aromatic N) is 3. The minimum atomic E-state index is -0.517. The van der Waals surface area contributed by atoms with Gasteiger partial charge in [0.15, 0.2) is 34.5 Å². The summed E-state index contributed by atoms with van der Waals surface area (Å²) in [5.41, 5.74) is 7.23. The number of carbonyl (C=O) groups excluding carboxylic acids is 2. The van der Waals surface area contributed by atoms with E-state index in [0.29, 0.717) is 28.7 Å². The van der Waals surface area contributed by atoms with Gasteiger partial charge in [-0.1, -0.05) is 11.3 Å². The Morgan fingerprint density at radius 3 is 2.67 bits per heavy atom. The summed E-state index contributed by atoms with van der Waals surface area (Å²) in [4.78, 5) is 24.9. The lowest BCUT2D eigenvalue weighted by Gasteiger charge is -2.11. The zero-order chi connectivity index (χ0) is 23.4. The maximum Gasteiger partial charge on any atom is 0.275 e. The Balaban J connectivity index is 1.36. The van der Waals surface area contributed by atoms with Crippen LogP contribution in [0, 0.1) is 0 Å². The summed E-state index contributed by atoms with van der Waals surface area (Å²) in [5.74, 6) is 1.32. The monoisotopic (exact) mass is 454 g/mol. The van der Waals surface area contributed by atoms with Crippen molar-refractivity contribution in [1.29, 1.82) is 0 Å². The van der Waals surface area contributed by atoms with Crippen LogP contribution in [0.25, 0.3) is 0 Å². The fourth-order valence-electron chi connectivity index (χ4n) is 3.17. The third-order valence-corrected chi connectivity index (χ3v) is 4.84. The molecule has 2 amide bonds. The van der Waals surface area contributed by atoms with Crippen molar-refractivity contribution in [3.63, 3.8) is 0 Å². The maximum atomic E-state index is 12.5. The molecule has 1 aliphatic rings. The number of hydrogen-bond acceptors (Lipinski definition) is 9. The molecule has 12 nitrogen and oxygen atoms in total. The van der Waals surface area contributed by atoms with Gasteiger partial charge in [-0.05, 0) is 29.8 Å². The van der Waals surface area contributed by atoms with Crippen LogP contribution in [0.5, 0.6) is 23.0 Å². The van der Waals surface area contributed by atoms with Crippen molar-refractivity contribution in [2.75, 3.05) is 32.1 Å². The molecule has 0 bridgehead atoms. The molecule has 0 saturated carbocycles. The Kier molecular flexibility index (Phi) is 6.15. The van der Waals surface area contributed by atoms with Gasteiger partial charge in [0.1, 0.15) is 6.54 Å². The van der Waals surface area contributed by atoms with E-state index in [9.17, 15) is 9.59 Å². The number of nitrogens with one attached hydrogen (secondary N) is 2. The van der Waals surface area contributed by atoms with Gasteiger partial charge in [0.05, 0.1) is 14.2 Å². The zero-order valence-electron chi connectivity index (χ0n) is 18.0. The average molecular weight is 454 g/mol. The van der Waals surface area contributed by atoms with Crippen molar-refractivity contribution >= 4 is 23.3 Å². The molecule has 12 heteroatoms. The Bertz CT molecular complexity index is 1190. The summed E-state index contributed by atoms with van der Waals surface area (Å²) in [7, 11) is 3.02. The molecule has 2 aromatic carbocycles. The molecule has 0 radical (unpaired) electrons. The van der Waals surface area contributed by atoms with E-state index in [4.69, 9.17) is 24.7 Å². The number of hydrogen-bond donors (Lipinski definition) is 3. The lowest BCUT2D eigenvalue weighted by Crippen LogP contribution is -2.25. The summed E-state index contributed by atoms with van der Waals surface area (Å²) in [5, 5.41) is 13.1. The first-order valence-electron chi connectivity index (χ1n) is 9.86. The number of fused-ring (bicyclic) bond motifs is 1. The third kappa shape index (κ3) is 4.74. The zero-order valence-corrected chi connectivity index (χ0v) is 18.0. The van der Waals surface area contributed by atoms with Crippen molar-refractivity contribution in [1.82, 2.24) is 20.3 Å². The van der Waals surface area contributed by atoms with E-state index >= 15 is 0 Å². The fourth-order valence-corrected chi connectivity index (χ4v) is 3.17. The van der Waals surface area contributed by atoms with Gasteiger partial charge >= 0.3 is 0 Å². The first-order chi connectivity index (χ1) is 16.0. The van der Waals surface area contributed by atoms with Crippen LogP contribution in [0.15, 0.2) is 36.4 Å². The number of amides is 2. The molecule has 1 aromatic heterocycles. The highest BCUT2D eigenvalue weighted by atomic mass is 16.7. The second-order valence-corrected chi connectivity index (χ2v) is 6.97. The highest BCUT2D eigenvalue weighted by molar-refractivity contribution is 5.97. The normalized spacial score (nSPS) is 11.7. The largest absolute Gasteiger partial charge is 0.493 e. The minimum Gasteiger partial charge on any atom is -0.493 e. The highest BCUT2D eigenvalue weighted by Gasteiger charge is 2.20. The lowest BCUT2D eigenvalue weighted by atomic mass is 10.2. The molecule has 0 atom stereocenters. The SMILES string of the molecule is COc1ccc(NC(=O)Cn2nnc(C(=O)NCc3ccc4c(c3)OCO4)c2N)cc1OC. The van der Waals surface area contributed by atoms with Crippen LogP contribution in [0.3, 0.4) is 0 Å². The summed E-state index contributed by atoms with van der Waals surface area (Å²) in [6.07, 6.45) is 0. The van der Waals surface area contributed by atoms with Gasteiger partial charge in [-0.15, -0.1) is 5.10 Å². The van der Waals surface area contributed by atoms with Crippen molar-refractivity contribution in [3.05, 3.63) is 47.7 Å². The molecule has 172 valence electrons. The van der Waals surface area contributed by atoms with E-state index in [1.165, 1.54) is 14.2 Å². The highest BCUT2D eigenvalue weighted by Crippen LogP contribution is 2.32. The van der Waals surface area contributed by atoms with Crippen LogP contribution in [0.2, 0.25) is 0 Å². The van der Waals surface area contributed by atoms with E-state index in [1.807, 2.05) is 6.07 Å². The average Bonchev–Trinajstić information content (AvgIpc) is 3.43. The van der Waals surface area contributed by atoms with Gasteiger partial charge in [0.2, 0.25) is 12.7 Å². The van der Waals surface area contributed by atoms with Crippen molar-refractivity contribution in [3.8, 4) is 23.0 Å². The van der Waals surface area contributed by atoms with E-state index in [0.717, 1.165) is 10.2 Å². The van der Waals surface area contributed by atoms with Crippen LogP contribution in [-0.4, -0.2) is 47.8 Å². The summed E-state index contributed by atoms with van der Waals surface area (Å²) in [6.45, 7) is 0.161. The molecule has 2 heterocycles. The molecule has 0 aliphatic carbocycles. The number of anilines is 2. The maximum absolute atomic E-state index is 12.5. The molecule has 0 unspecified atom stereocenters. The van der Waals surface area contributed by atoms with Crippen LogP contribution in [0.1, 0.15) is 16.1 Å². The molecule has 33 heavy (non-hydrogen) atoms. The number of benzene rings is 2. The Morgan fingerprint density at radius 2 is 1.88 bits per heavy atom. The molecule has 0 fully saturated rings. The van der Waals surface area contributed by atoms with Crippen LogP contribution in [0.4, 0.5) is 11.5 Å². The Hall–Kier alpha value is -4.48.